The first-order chi connectivity index (χ1) is 9.75. The number of nitrogens with two attached hydrogens (primary N) is 1. The quantitative estimate of drug-likeness (QED) is 0.808. The van der Waals surface area contributed by atoms with Crippen molar-refractivity contribution in [2.45, 2.75) is 52.0 Å². The molecule has 1 atom stereocenters. The molecule has 0 saturated heterocycles. The summed E-state index contributed by atoms with van der Waals surface area (Å²) in [5.41, 5.74) is 8.26. The predicted molar refractivity (Wildman–Crippen MR) is 86.3 cm³/mol. The van der Waals surface area contributed by atoms with Crippen LogP contribution in [0.25, 0.3) is 11.0 Å². The molecule has 2 aromatic rings. The summed E-state index contributed by atoms with van der Waals surface area (Å²) in [6.07, 6.45) is 1.12. The van der Waals surface area contributed by atoms with E-state index in [-0.39, 0.29) is 17.4 Å². The van der Waals surface area contributed by atoms with Gasteiger partial charge in [-0.15, -0.1) is 0 Å². The highest BCUT2D eigenvalue weighted by Crippen LogP contribution is 2.24. The smallest absolute Gasteiger partial charge is 0.224 e. The van der Waals surface area contributed by atoms with E-state index in [1.165, 1.54) is 0 Å². The molecule has 0 bridgehead atoms. The summed E-state index contributed by atoms with van der Waals surface area (Å²) in [4.78, 5) is 19.7. The number of nitrogens with zero attached hydrogens (tertiary/aromatic N) is 1. The molecule has 4 N–H and O–H groups in total. The average molecular weight is 288 g/mol. The Morgan fingerprint density at radius 2 is 2.14 bits per heavy atom. The van der Waals surface area contributed by atoms with Crippen LogP contribution in [0.2, 0.25) is 0 Å². The maximum Gasteiger partial charge on any atom is 0.224 e. The molecule has 1 aromatic heterocycles. The van der Waals surface area contributed by atoms with Gasteiger partial charge in [-0.2, -0.15) is 0 Å². The zero-order chi connectivity index (χ0) is 15.6. The first-order valence-corrected chi connectivity index (χ1v) is 7.31. The Morgan fingerprint density at radius 1 is 1.43 bits per heavy atom. The van der Waals surface area contributed by atoms with Crippen LogP contribution in [0.15, 0.2) is 18.2 Å². The molecule has 0 aliphatic carbocycles. The molecule has 0 aliphatic rings. The lowest BCUT2D eigenvalue weighted by molar-refractivity contribution is -0.116. The predicted octanol–water partition coefficient (Wildman–Crippen LogP) is 2.93. The van der Waals surface area contributed by atoms with E-state index in [1.54, 1.807) is 0 Å². The van der Waals surface area contributed by atoms with Crippen LogP contribution in [-0.2, 0) is 10.2 Å². The fourth-order valence-electron chi connectivity index (χ4n) is 2.02. The summed E-state index contributed by atoms with van der Waals surface area (Å²) in [5, 5.41) is 2.90. The summed E-state index contributed by atoms with van der Waals surface area (Å²) < 4.78 is 0. The topological polar surface area (TPSA) is 83.8 Å². The molecule has 0 saturated carbocycles. The SMILES string of the molecule is CC(N)CCC(=O)Nc1ccc2nc(C(C)(C)C)[nH]c2c1. The number of carbonyl (C=O) groups excluding carboxylic acids is 1. The van der Waals surface area contributed by atoms with E-state index in [9.17, 15) is 4.79 Å². The second-order valence-corrected chi connectivity index (χ2v) is 6.63. The van der Waals surface area contributed by atoms with E-state index in [4.69, 9.17) is 5.73 Å². The van der Waals surface area contributed by atoms with Crippen molar-refractivity contribution in [3.8, 4) is 0 Å². The van der Waals surface area contributed by atoms with Crippen molar-refractivity contribution in [1.82, 2.24) is 9.97 Å². The molecule has 1 amide bonds. The Hall–Kier alpha value is -1.88. The van der Waals surface area contributed by atoms with Crippen LogP contribution in [-0.4, -0.2) is 21.9 Å². The zero-order valence-corrected chi connectivity index (χ0v) is 13.2. The standard InChI is InChI=1S/C16H24N4O/c1-10(17)5-8-14(21)18-11-6-7-12-13(9-11)20-15(19-12)16(2,3)4/h6-7,9-10H,5,8,17H2,1-4H3,(H,18,21)(H,19,20). The maximum absolute atomic E-state index is 11.8. The van der Waals surface area contributed by atoms with E-state index in [2.05, 4.69) is 36.1 Å². The fourth-order valence-corrected chi connectivity index (χ4v) is 2.02. The minimum Gasteiger partial charge on any atom is -0.341 e. The Labute approximate surface area is 125 Å². The third kappa shape index (κ3) is 4.04. The number of amides is 1. The van der Waals surface area contributed by atoms with E-state index in [0.29, 0.717) is 12.8 Å². The number of rotatable bonds is 4. The summed E-state index contributed by atoms with van der Waals surface area (Å²) in [6.45, 7) is 8.24. The van der Waals surface area contributed by atoms with Crippen LogP contribution in [0.3, 0.4) is 0 Å². The van der Waals surface area contributed by atoms with Gasteiger partial charge >= 0.3 is 0 Å². The lowest BCUT2D eigenvalue weighted by atomic mass is 9.96. The Balaban J connectivity index is 2.13. The van der Waals surface area contributed by atoms with Gasteiger partial charge in [-0.25, -0.2) is 4.98 Å². The third-order valence-electron chi connectivity index (χ3n) is 3.30. The Bertz CT molecular complexity index is 637. The molecular weight excluding hydrogens is 264 g/mol. The van der Waals surface area contributed by atoms with Gasteiger partial charge in [-0.1, -0.05) is 20.8 Å². The Morgan fingerprint density at radius 3 is 2.76 bits per heavy atom. The van der Waals surface area contributed by atoms with Gasteiger partial charge in [0.15, 0.2) is 0 Å². The summed E-state index contributed by atoms with van der Waals surface area (Å²) in [5.74, 6) is 0.931. The highest BCUT2D eigenvalue weighted by molar-refractivity contribution is 5.93. The summed E-state index contributed by atoms with van der Waals surface area (Å²) >= 11 is 0. The van der Waals surface area contributed by atoms with Crippen molar-refractivity contribution in [2.24, 2.45) is 5.73 Å². The number of H-pyrrole nitrogens is 1. The number of imidazole rings is 1. The normalized spacial score (nSPS) is 13.4. The van der Waals surface area contributed by atoms with Crippen LogP contribution >= 0.6 is 0 Å². The summed E-state index contributed by atoms with van der Waals surface area (Å²) in [7, 11) is 0. The van der Waals surface area contributed by atoms with Gasteiger partial charge in [-0.3, -0.25) is 4.79 Å². The molecular formula is C16H24N4O. The van der Waals surface area contributed by atoms with Crippen LogP contribution in [0.4, 0.5) is 5.69 Å². The van der Waals surface area contributed by atoms with Gasteiger partial charge in [0.2, 0.25) is 5.91 Å². The molecule has 5 nitrogen and oxygen atoms in total. The maximum atomic E-state index is 11.8. The van der Waals surface area contributed by atoms with Gasteiger partial charge in [0.05, 0.1) is 11.0 Å². The number of hydrogen-bond donors (Lipinski definition) is 3. The van der Waals surface area contributed by atoms with E-state index in [1.807, 2.05) is 25.1 Å². The van der Waals surface area contributed by atoms with Crippen LogP contribution in [0, 0.1) is 0 Å². The number of carbonyl (C=O) groups is 1. The zero-order valence-electron chi connectivity index (χ0n) is 13.2. The number of benzene rings is 1. The van der Waals surface area contributed by atoms with Crippen molar-refractivity contribution in [1.29, 1.82) is 0 Å². The second kappa shape index (κ2) is 5.85. The minimum atomic E-state index is -0.0281. The molecule has 114 valence electrons. The first-order valence-electron chi connectivity index (χ1n) is 7.31. The molecule has 0 fully saturated rings. The molecule has 0 spiro atoms. The third-order valence-corrected chi connectivity index (χ3v) is 3.30. The number of anilines is 1. The number of nitrogens with one attached hydrogen (secondary N) is 2. The largest absolute Gasteiger partial charge is 0.341 e. The lowest BCUT2D eigenvalue weighted by Crippen LogP contribution is -2.19. The fraction of sp³-hybridized carbons (Fsp3) is 0.500. The number of hydrogen-bond acceptors (Lipinski definition) is 3. The molecule has 1 aromatic carbocycles. The highest BCUT2D eigenvalue weighted by atomic mass is 16.1. The number of aromatic amines is 1. The van der Waals surface area contributed by atoms with E-state index >= 15 is 0 Å². The van der Waals surface area contributed by atoms with Crippen molar-refractivity contribution < 1.29 is 4.79 Å². The molecule has 2 rings (SSSR count). The molecule has 0 radical (unpaired) electrons. The molecule has 1 unspecified atom stereocenters. The summed E-state index contributed by atoms with van der Waals surface area (Å²) in [6, 6.07) is 5.75. The van der Waals surface area contributed by atoms with Crippen LogP contribution < -0.4 is 11.1 Å². The number of fused-ring (bicyclic) bond motifs is 1. The first kappa shape index (κ1) is 15.5. The number of aromatic nitrogens is 2. The second-order valence-electron chi connectivity index (χ2n) is 6.63. The van der Waals surface area contributed by atoms with Gasteiger partial charge in [0.1, 0.15) is 5.82 Å². The van der Waals surface area contributed by atoms with Crippen molar-refractivity contribution in [3.63, 3.8) is 0 Å². The molecule has 5 heteroatoms. The van der Waals surface area contributed by atoms with Crippen molar-refractivity contribution in [3.05, 3.63) is 24.0 Å². The monoisotopic (exact) mass is 288 g/mol. The lowest BCUT2D eigenvalue weighted by Gasteiger charge is -2.13. The molecule has 1 heterocycles. The van der Waals surface area contributed by atoms with E-state index < -0.39 is 0 Å². The van der Waals surface area contributed by atoms with Crippen molar-refractivity contribution in [2.75, 3.05) is 5.32 Å². The van der Waals surface area contributed by atoms with Crippen molar-refractivity contribution >= 4 is 22.6 Å². The average Bonchev–Trinajstić information content (AvgIpc) is 2.79. The van der Waals surface area contributed by atoms with Gasteiger partial charge in [0, 0.05) is 23.6 Å². The van der Waals surface area contributed by atoms with Crippen LogP contribution in [0.1, 0.15) is 46.4 Å². The molecule has 21 heavy (non-hydrogen) atoms. The van der Waals surface area contributed by atoms with Crippen LogP contribution in [0.5, 0.6) is 0 Å². The van der Waals surface area contributed by atoms with Gasteiger partial charge in [0.25, 0.3) is 0 Å². The van der Waals surface area contributed by atoms with Gasteiger partial charge < -0.3 is 16.0 Å². The Kier molecular flexibility index (Phi) is 4.32. The van der Waals surface area contributed by atoms with Gasteiger partial charge in [-0.05, 0) is 31.5 Å². The van der Waals surface area contributed by atoms with E-state index in [0.717, 1.165) is 22.5 Å². The minimum absolute atomic E-state index is 0.0118. The highest BCUT2D eigenvalue weighted by Gasteiger charge is 2.18. The molecule has 0 aliphatic heterocycles.